The van der Waals surface area contributed by atoms with E-state index in [1.54, 1.807) is 0 Å². The number of rotatable bonds is 5. The molecule has 8 heteroatoms. The lowest BCUT2D eigenvalue weighted by Crippen LogP contribution is -2.30. The summed E-state index contributed by atoms with van der Waals surface area (Å²) < 4.78 is 5.35. The maximum Gasteiger partial charge on any atom is 0.272 e. The first-order valence-corrected chi connectivity index (χ1v) is 8.66. The van der Waals surface area contributed by atoms with Gasteiger partial charge in [0.05, 0.1) is 5.92 Å². The highest BCUT2D eigenvalue weighted by atomic mass is 16.5. The van der Waals surface area contributed by atoms with E-state index in [4.69, 9.17) is 4.52 Å². The van der Waals surface area contributed by atoms with Gasteiger partial charge in [0.1, 0.15) is 0 Å². The Kier molecular flexibility index (Phi) is 4.49. The van der Waals surface area contributed by atoms with Gasteiger partial charge in [-0.25, -0.2) is 0 Å². The summed E-state index contributed by atoms with van der Waals surface area (Å²) in [5.74, 6) is 0.749. The topological polar surface area (TPSA) is 109 Å². The van der Waals surface area contributed by atoms with Gasteiger partial charge in [0.2, 0.25) is 11.7 Å². The van der Waals surface area contributed by atoms with Gasteiger partial charge in [0, 0.05) is 42.9 Å². The van der Waals surface area contributed by atoms with E-state index in [1.165, 1.54) is 0 Å². The number of carbonyl (C=O) groups excluding carboxylic acids is 1. The zero-order valence-electron chi connectivity index (χ0n) is 14.5. The minimum Gasteiger partial charge on any atom is -0.350 e. The molecule has 0 aliphatic carbocycles. The van der Waals surface area contributed by atoms with Crippen LogP contribution in [0, 0.1) is 0 Å². The van der Waals surface area contributed by atoms with Crippen LogP contribution in [-0.2, 0) is 13.0 Å². The zero-order valence-corrected chi connectivity index (χ0v) is 14.5. The first-order valence-electron chi connectivity index (χ1n) is 8.66. The molecule has 0 bridgehead atoms. The second-order valence-electron chi connectivity index (χ2n) is 6.39. The number of aromatic nitrogens is 4. The summed E-state index contributed by atoms with van der Waals surface area (Å²) in [6.07, 6.45) is 0.857. The highest BCUT2D eigenvalue weighted by Crippen LogP contribution is 2.19. The molecule has 2 aromatic heterocycles. The van der Waals surface area contributed by atoms with Crippen LogP contribution in [0.1, 0.15) is 40.5 Å². The predicted molar refractivity (Wildman–Crippen MR) is 94.5 cm³/mol. The molecule has 0 fully saturated rings. The van der Waals surface area contributed by atoms with E-state index in [0.717, 1.165) is 29.8 Å². The molecular weight excluding hydrogens is 332 g/mol. The van der Waals surface area contributed by atoms with Crippen molar-refractivity contribution >= 4 is 5.91 Å². The van der Waals surface area contributed by atoms with Crippen LogP contribution in [0.4, 0.5) is 0 Å². The standard InChI is InChI=1S/C18H20N6O2/c1-11(18-21-16(24-26-18)12-5-3-2-4-6-12)9-20-17(25)15-13-10-19-8-7-14(13)22-23-15/h2-6,11,19H,7-10H2,1H3,(H,20,25)(H,22,23). The summed E-state index contributed by atoms with van der Waals surface area (Å²) in [6, 6.07) is 9.64. The van der Waals surface area contributed by atoms with Crippen LogP contribution in [0.25, 0.3) is 11.4 Å². The molecule has 1 atom stereocenters. The third-order valence-corrected chi connectivity index (χ3v) is 4.49. The number of fused-ring (bicyclic) bond motifs is 1. The SMILES string of the molecule is CC(CNC(=O)c1n[nH]c2c1CNCC2)c1nc(-c2ccccc2)no1. The van der Waals surface area contributed by atoms with E-state index in [-0.39, 0.29) is 11.8 Å². The van der Waals surface area contributed by atoms with Crippen molar-refractivity contribution in [2.75, 3.05) is 13.1 Å². The Hall–Kier alpha value is -3.00. The fourth-order valence-electron chi connectivity index (χ4n) is 2.97. The summed E-state index contributed by atoms with van der Waals surface area (Å²) >= 11 is 0. The number of nitrogens with zero attached hydrogens (tertiary/aromatic N) is 3. The minimum atomic E-state index is -0.194. The molecule has 1 aliphatic rings. The lowest BCUT2D eigenvalue weighted by atomic mass is 10.1. The van der Waals surface area contributed by atoms with Gasteiger partial charge in [0.15, 0.2) is 5.69 Å². The lowest BCUT2D eigenvalue weighted by Gasteiger charge is -2.13. The zero-order chi connectivity index (χ0) is 17.9. The number of H-pyrrole nitrogens is 1. The first kappa shape index (κ1) is 16.5. The fraction of sp³-hybridized carbons (Fsp3) is 0.333. The molecule has 1 amide bonds. The second kappa shape index (κ2) is 7.09. The molecule has 0 radical (unpaired) electrons. The molecule has 134 valence electrons. The van der Waals surface area contributed by atoms with Crippen molar-refractivity contribution < 1.29 is 9.32 Å². The Morgan fingerprint density at radius 3 is 3.04 bits per heavy atom. The molecule has 1 unspecified atom stereocenters. The third kappa shape index (κ3) is 3.23. The third-order valence-electron chi connectivity index (χ3n) is 4.49. The molecule has 3 aromatic rings. The second-order valence-corrected chi connectivity index (χ2v) is 6.39. The number of hydrogen-bond donors (Lipinski definition) is 3. The van der Waals surface area contributed by atoms with Crippen molar-refractivity contribution in [3.05, 3.63) is 53.2 Å². The number of amides is 1. The van der Waals surface area contributed by atoms with Crippen molar-refractivity contribution in [2.24, 2.45) is 0 Å². The molecule has 4 rings (SSSR count). The highest BCUT2D eigenvalue weighted by Gasteiger charge is 2.22. The van der Waals surface area contributed by atoms with Crippen molar-refractivity contribution in [2.45, 2.75) is 25.8 Å². The van der Waals surface area contributed by atoms with Crippen molar-refractivity contribution in [1.82, 2.24) is 31.0 Å². The van der Waals surface area contributed by atoms with Crippen LogP contribution in [-0.4, -0.2) is 39.3 Å². The van der Waals surface area contributed by atoms with E-state index < -0.39 is 0 Å². The summed E-state index contributed by atoms with van der Waals surface area (Å²) in [7, 11) is 0. The summed E-state index contributed by atoms with van der Waals surface area (Å²) in [4.78, 5) is 16.9. The summed E-state index contributed by atoms with van der Waals surface area (Å²) in [6.45, 7) is 3.89. The van der Waals surface area contributed by atoms with Crippen molar-refractivity contribution in [1.29, 1.82) is 0 Å². The Bertz CT molecular complexity index is 902. The normalized spacial score (nSPS) is 14.7. The molecule has 1 aromatic carbocycles. The van der Waals surface area contributed by atoms with E-state index in [1.807, 2.05) is 37.3 Å². The molecule has 3 N–H and O–H groups in total. The number of nitrogens with one attached hydrogen (secondary N) is 3. The van der Waals surface area contributed by atoms with E-state index in [9.17, 15) is 4.79 Å². The van der Waals surface area contributed by atoms with Gasteiger partial charge in [-0.15, -0.1) is 0 Å². The van der Waals surface area contributed by atoms with Gasteiger partial charge in [-0.1, -0.05) is 42.4 Å². The maximum absolute atomic E-state index is 12.5. The Labute approximate surface area is 150 Å². The predicted octanol–water partition coefficient (Wildman–Crippen LogP) is 1.64. The van der Waals surface area contributed by atoms with Crippen LogP contribution in [0.15, 0.2) is 34.9 Å². The van der Waals surface area contributed by atoms with Gasteiger partial charge >= 0.3 is 0 Å². The molecule has 26 heavy (non-hydrogen) atoms. The van der Waals surface area contributed by atoms with E-state index >= 15 is 0 Å². The number of hydrogen-bond acceptors (Lipinski definition) is 6. The smallest absolute Gasteiger partial charge is 0.272 e. The number of aromatic amines is 1. The maximum atomic E-state index is 12.5. The molecule has 0 spiro atoms. The molecule has 3 heterocycles. The molecule has 1 aliphatic heterocycles. The Morgan fingerprint density at radius 1 is 1.35 bits per heavy atom. The van der Waals surface area contributed by atoms with Gasteiger partial charge in [-0.3, -0.25) is 9.89 Å². The van der Waals surface area contributed by atoms with E-state index in [0.29, 0.717) is 30.5 Å². The van der Waals surface area contributed by atoms with Crippen LogP contribution in [0.5, 0.6) is 0 Å². The first-order chi connectivity index (χ1) is 12.7. The highest BCUT2D eigenvalue weighted by molar-refractivity contribution is 5.94. The molecule has 8 nitrogen and oxygen atoms in total. The Balaban J connectivity index is 1.40. The molecule has 0 saturated carbocycles. The van der Waals surface area contributed by atoms with Crippen LogP contribution < -0.4 is 10.6 Å². The van der Waals surface area contributed by atoms with Crippen molar-refractivity contribution in [3.63, 3.8) is 0 Å². The van der Waals surface area contributed by atoms with E-state index in [2.05, 4.69) is 31.0 Å². The van der Waals surface area contributed by atoms with Gasteiger partial charge in [-0.2, -0.15) is 10.1 Å². The lowest BCUT2D eigenvalue weighted by molar-refractivity contribution is 0.0944. The van der Waals surface area contributed by atoms with Crippen LogP contribution >= 0.6 is 0 Å². The van der Waals surface area contributed by atoms with Gasteiger partial charge < -0.3 is 15.2 Å². The van der Waals surface area contributed by atoms with Crippen LogP contribution in [0.2, 0.25) is 0 Å². The number of benzene rings is 1. The van der Waals surface area contributed by atoms with Crippen LogP contribution in [0.3, 0.4) is 0 Å². The fourth-order valence-corrected chi connectivity index (χ4v) is 2.97. The Morgan fingerprint density at radius 2 is 2.19 bits per heavy atom. The summed E-state index contributed by atoms with van der Waals surface area (Å²) in [5, 5.41) is 17.3. The quantitative estimate of drug-likeness (QED) is 0.644. The largest absolute Gasteiger partial charge is 0.350 e. The minimum absolute atomic E-state index is 0.100. The van der Waals surface area contributed by atoms with Crippen molar-refractivity contribution in [3.8, 4) is 11.4 Å². The van der Waals surface area contributed by atoms with Gasteiger partial charge in [-0.05, 0) is 0 Å². The average molecular weight is 352 g/mol. The number of carbonyl (C=O) groups is 1. The summed E-state index contributed by atoms with van der Waals surface area (Å²) in [5.41, 5.74) is 3.33. The monoisotopic (exact) mass is 352 g/mol. The van der Waals surface area contributed by atoms with Gasteiger partial charge in [0.25, 0.3) is 5.91 Å². The molecular formula is C18H20N6O2. The molecule has 0 saturated heterocycles. The average Bonchev–Trinajstić information content (AvgIpc) is 3.34.